The highest BCUT2D eigenvalue weighted by Gasteiger charge is 2.16. The number of aromatic nitrogens is 2. The van der Waals surface area contributed by atoms with Gasteiger partial charge in [0.2, 0.25) is 0 Å². The van der Waals surface area contributed by atoms with Crippen LogP contribution in [0.5, 0.6) is 0 Å². The number of hydrogen-bond acceptors (Lipinski definition) is 4. The maximum atomic E-state index is 11.3. The molecule has 4 nitrogen and oxygen atoms in total. The van der Waals surface area contributed by atoms with Crippen LogP contribution in [0.15, 0.2) is 30.5 Å². The number of para-hydroxylation sites is 2. The summed E-state index contributed by atoms with van der Waals surface area (Å²) in [4.78, 5) is 11.1. The molecule has 17 heavy (non-hydrogen) atoms. The van der Waals surface area contributed by atoms with Gasteiger partial charge in [0, 0.05) is 35.4 Å². The van der Waals surface area contributed by atoms with Crippen molar-refractivity contribution >= 4 is 27.7 Å². The molecule has 0 unspecified atom stereocenters. The highest BCUT2D eigenvalue weighted by atomic mass is 32.2. The highest BCUT2D eigenvalue weighted by Crippen LogP contribution is 2.16. The number of anilines is 1. The zero-order valence-electron chi connectivity index (χ0n) is 9.37. The summed E-state index contributed by atoms with van der Waals surface area (Å²) in [6.45, 7) is 1.61. The van der Waals surface area contributed by atoms with Gasteiger partial charge in [0.1, 0.15) is 5.82 Å². The maximum absolute atomic E-state index is 11.3. The summed E-state index contributed by atoms with van der Waals surface area (Å²) in [6.07, 6.45) is 1.80. The van der Waals surface area contributed by atoms with Crippen LogP contribution in [0.1, 0.15) is 0 Å². The summed E-state index contributed by atoms with van der Waals surface area (Å²) < 4.78 is 11.3. The van der Waals surface area contributed by atoms with Crippen molar-refractivity contribution in [2.24, 2.45) is 0 Å². The molecule has 0 saturated carbocycles. The first-order valence-electron chi connectivity index (χ1n) is 5.65. The number of benzene rings is 1. The van der Waals surface area contributed by atoms with Gasteiger partial charge in [-0.25, -0.2) is 4.98 Å². The molecule has 1 aromatic heterocycles. The van der Waals surface area contributed by atoms with E-state index in [4.69, 9.17) is 0 Å². The number of fused-ring (bicyclic) bond motifs is 1. The van der Waals surface area contributed by atoms with E-state index in [1.54, 1.807) is 6.20 Å². The molecular weight excluding hydrogens is 234 g/mol. The van der Waals surface area contributed by atoms with Gasteiger partial charge >= 0.3 is 0 Å². The predicted octanol–water partition coefficient (Wildman–Crippen LogP) is 1.20. The van der Waals surface area contributed by atoms with Gasteiger partial charge in [0.25, 0.3) is 0 Å². The molecule has 0 radical (unpaired) electrons. The van der Waals surface area contributed by atoms with Crippen molar-refractivity contribution < 1.29 is 4.21 Å². The summed E-state index contributed by atoms with van der Waals surface area (Å²) in [6, 6.07) is 7.85. The van der Waals surface area contributed by atoms with Crippen molar-refractivity contribution in [3.8, 4) is 0 Å². The molecule has 0 bridgehead atoms. The van der Waals surface area contributed by atoms with Crippen LogP contribution < -0.4 is 4.90 Å². The molecule has 3 rings (SSSR count). The second-order valence-corrected chi connectivity index (χ2v) is 5.75. The van der Waals surface area contributed by atoms with Gasteiger partial charge in [0.05, 0.1) is 17.2 Å². The lowest BCUT2D eigenvalue weighted by Crippen LogP contribution is -2.38. The highest BCUT2D eigenvalue weighted by molar-refractivity contribution is 7.85. The molecule has 1 aliphatic heterocycles. The van der Waals surface area contributed by atoms with Crippen molar-refractivity contribution in [1.29, 1.82) is 0 Å². The Morgan fingerprint density at radius 3 is 2.59 bits per heavy atom. The first kappa shape index (κ1) is 10.7. The Morgan fingerprint density at radius 1 is 1.12 bits per heavy atom. The minimum absolute atomic E-state index is 0.652. The Hall–Kier alpha value is -1.49. The van der Waals surface area contributed by atoms with Gasteiger partial charge in [-0.05, 0) is 12.1 Å². The maximum Gasteiger partial charge on any atom is 0.147 e. The third kappa shape index (κ3) is 2.15. The summed E-state index contributed by atoms with van der Waals surface area (Å²) in [5, 5.41) is 0. The van der Waals surface area contributed by atoms with E-state index in [1.165, 1.54) is 0 Å². The lowest BCUT2D eigenvalue weighted by atomic mass is 10.3. The predicted molar refractivity (Wildman–Crippen MR) is 69.6 cm³/mol. The van der Waals surface area contributed by atoms with E-state index in [-0.39, 0.29) is 0 Å². The number of hydrogen-bond donors (Lipinski definition) is 0. The third-order valence-corrected chi connectivity index (χ3v) is 4.21. The Bertz CT molecular complexity index is 562. The van der Waals surface area contributed by atoms with Crippen LogP contribution in [0, 0.1) is 0 Å². The third-order valence-electron chi connectivity index (χ3n) is 2.94. The molecule has 0 aliphatic carbocycles. The van der Waals surface area contributed by atoms with Crippen molar-refractivity contribution in [2.45, 2.75) is 0 Å². The molecule has 0 spiro atoms. The fraction of sp³-hybridized carbons (Fsp3) is 0.333. The summed E-state index contributed by atoms with van der Waals surface area (Å²) in [5.41, 5.74) is 1.83. The Balaban J connectivity index is 1.92. The molecule has 2 heterocycles. The van der Waals surface area contributed by atoms with Gasteiger partial charge in [-0.1, -0.05) is 12.1 Å². The molecule has 0 N–H and O–H groups in total. The van der Waals surface area contributed by atoms with Crippen LogP contribution >= 0.6 is 0 Å². The zero-order valence-corrected chi connectivity index (χ0v) is 10.2. The lowest BCUT2D eigenvalue weighted by molar-refractivity contribution is 0.672. The van der Waals surface area contributed by atoms with Crippen LogP contribution in [0.4, 0.5) is 5.82 Å². The van der Waals surface area contributed by atoms with Crippen LogP contribution in [-0.4, -0.2) is 38.8 Å². The van der Waals surface area contributed by atoms with Gasteiger partial charge < -0.3 is 4.90 Å². The van der Waals surface area contributed by atoms with Crippen molar-refractivity contribution in [1.82, 2.24) is 9.97 Å². The van der Waals surface area contributed by atoms with E-state index in [0.29, 0.717) is 0 Å². The molecular formula is C12H13N3OS. The van der Waals surface area contributed by atoms with Crippen LogP contribution in [0.2, 0.25) is 0 Å². The first-order valence-corrected chi connectivity index (χ1v) is 7.13. The molecule has 1 aromatic carbocycles. The molecule has 1 aliphatic rings. The monoisotopic (exact) mass is 247 g/mol. The van der Waals surface area contributed by atoms with Gasteiger partial charge in [0.15, 0.2) is 0 Å². The van der Waals surface area contributed by atoms with Crippen LogP contribution in [0.3, 0.4) is 0 Å². The van der Waals surface area contributed by atoms with E-state index in [1.807, 2.05) is 24.3 Å². The van der Waals surface area contributed by atoms with E-state index in [9.17, 15) is 4.21 Å². The van der Waals surface area contributed by atoms with Crippen molar-refractivity contribution in [2.75, 3.05) is 29.5 Å². The fourth-order valence-electron chi connectivity index (χ4n) is 1.97. The molecule has 1 saturated heterocycles. The molecule has 1 fully saturated rings. The summed E-state index contributed by atoms with van der Waals surface area (Å²) in [5.74, 6) is 2.35. The lowest BCUT2D eigenvalue weighted by Gasteiger charge is -2.27. The van der Waals surface area contributed by atoms with Crippen LogP contribution in [-0.2, 0) is 10.8 Å². The molecule has 0 atom stereocenters. The fourth-order valence-corrected chi connectivity index (χ4v) is 3.02. The molecule has 88 valence electrons. The van der Waals surface area contributed by atoms with E-state index >= 15 is 0 Å². The molecule has 2 aromatic rings. The zero-order chi connectivity index (χ0) is 11.7. The normalized spacial score (nSPS) is 17.5. The smallest absolute Gasteiger partial charge is 0.147 e. The standard InChI is InChI=1S/C12H13N3OS/c16-17-7-5-15(6-8-17)12-9-13-10-3-1-2-4-11(10)14-12/h1-4,9H,5-8H2. The average Bonchev–Trinajstić information content (AvgIpc) is 2.39. The number of nitrogens with zero attached hydrogens (tertiary/aromatic N) is 3. The SMILES string of the molecule is O=S1CCN(c2cnc3ccccc3n2)CC1. The van der Waals surface area contributed by atoms with E-state index < -0.39 is 10.8 Å². The van der Waals surface area contributed by atoms with E-state index in [2.05, 4.69) is 14.9 Å². The van der Waals surface area contributed by atoms with Gasteiger partial charge in [-0.15, -0.1) is 0 Å². The van der Waals surface area contributed by atoms with Crippen molar-refractivity contribution in [3.63, 3.8) is 0 Å². The summed E-state index contributed by atoms with van der Waals surface area (Å²) in [7, 11) is -0.652. The van der Waals surface area contributed by atoms with Gasteiger partial charge in [-0.3, -0.25) is 9.19 Å². The Labute approximate surface area is 102 Å². The minimum Gasteiger partial charge on any atom is -0.353 e. The Kier molecular flexibility index (Phi) is 2.76. The van der Waals surface area contributed by atoms with Gasteiger partial charge in [-0.2, -0.15) is 0 Å². The van der Waals surface area contributed by atoms with E-state index in [0.717, 1.165) is 41.4 Å². The quantitative estimate of drug-likeness (QED) is 0.759. The largest absolute Gasteiger partial charge is 0.353 e. The second kappa shape index (κ2) is 4.41. The van der Waals surface area contributed by atoms with Crippen molar-refractivity contribution in [3.05, 3.63) is 30.5 Å². The summed E-state index contributed by atoms with van der Waals surface area (Å²) >= 11 is 0. The molecule has 5 heteroatoms. The second-order valence-electron chi connectivity index (χ2n) is 4.05. The first-order chi connectivity index (χ1) is 8.33. The van der Waals surface area contributed by atoms with Crippen LogP contribution in [0.25, 0.3) is 11.0 Å². The minimum atomic E-state index is -0.652. The average molecular weight is 247 g/mol. The Morgan fingerprint density at radius 2 is 1.82 bits per heavy atom. The molecule has 0 amide bonds. The number of rotatable bonds is 1. The topological polar surface area (TPSA) is 46.1 Å².